The summed E-state index contributed by atoms with van der Waals surface area (Å²) in [5, 5.41) is 0. The number of nitrogens with two attached hydrogens (primary N) is 1. The SMILES string of the molecule is CCCNSC1(C(N)=O)CCOCC1. The van der Waals surface area contributed by atoms with E-state index in [0.717, 1.165) is 13.0 Å². The lowest BCUT2D eigenvalue weighted by atomic mass is 9.98. The zero-order valence-electron chi connectivity index (χ0n) is 8.54. The van der Waals surface area contributed by atoms with Crippen molar-refractivity contribution >= 4 is 17.9 Å². The molecule has 0 aromatic carbocycles. The van der Waals surface area contributed by atoms with Crippen molar-refractivity contribution in [2.24, 2.45) is 5.73 Å². The van der Waals surface area contributed by atoms with Crippen LogP contribution in [0.2, 0.25) is 0 Å². The van der Waals surface area contributed by atoms with Crippen LogP contribution in [0.1, 0.15) is 26.2 Å². The number of hydrogen-bond acceptors (Lipinski definition) is 4. The number of carbonyl (C=O) groups excluding carboxylic acids is 1. The Labute approximate surface area is 89.1 Å². The predicted octanol–water partition coefficient (Wildman–Crippen LogP) is 0.669. The fraction of sp³-hybridized carbons (Fsp3) is 0.889. The van der Waals surface area contributed by atoms with Crippen LogP contribution in [0.5, 0.6) is 0 Å². The summed E-state index contributed by atoms with van der Waals surface area (Å²) in [6.45, 7) is 4.25. The summed E-state index contributed by atoms with van der Waals surface area (Å²) >= 11 is 1.47. The van der Waals surface area contributed by atoms with Crippen molar-refractivity contribution in [3.8, 4) is 0 Å². The standard InChI is InChI=1S/C9H18N2O2S/c1-2-5-11-14-9(8(10)12)3-6-13-7-4-9/h11H,2-7H2,1H3,(H2,10,12). The second-order valence-corrected chi connectivity index (χ2v) is 4.74. The van der Waals surface area contributed by atoms with Crippen molar-refractivity contribution < 1.29 is 9.53 Å². The molecule has 0 aromatic rings. The molecule has 3 N–H and O–H groups in total. The lowest BCUT2D eigenvalue weighted by Crippen LogP contribution is -2.47. The minimum atomic E-state index is -0.451. The van der Waals surface area contributed by atoms with Gasteiger partial charge in [0.1, 0.15) is 4.75 Å². The van der Waals surface area contributed by atoms with Crippen molar-refractivity contribution in [1.29, 1.82) is 0 Å². The topological polar surface area (TPSA) is 64.3 Å². The molecule has 0 saturated carbocycles. The number of ether oxygens (including phenoxy) is 1. The summed E-state index contributed by atoms with van der Waals surface area (Å²) in [4.78, 5) is 11.4. The maximum absolute atomic E-state index is 11.4. The fourth-order valence-corrected chi connectivity index (χ4v) is 2.44. The zero-order valence-corrected chi connectivity index (χ0v) is 9.36. The van der Waals surface area contributed by atoms with Crippen molar-refractivity contribution in [2.45, 2.75) is 30.9 Å². The van der Waals surface area contributed by atoms with Gasteiger partial charge in [-0.2, -0.15) is 0 Å². The number of amides is 1. The molecule has 0 unspecified atom stereocenters. The van der Waals surface area contributed by atoms with Crippen LogP contribution in [0.4, 0.5) is 0 Å². The van der Waals surface area contributed by atoms with Gasteiger partial charge >= 0.3 is 0 Å². The molecule has 1 rings (SSSR count). The van der Waals surface area contributed by atoms with E-state index in [-0.39, 0.29) is 5.91 Å². The first-order chi connectivity index (χ1) is 6.71. The van der Waals surface area contributed by atoms with Crippen LogP contribution in [0.15, 0.2) is 0 Å². The molecular weight excluding hydrogens is 200 g/mol. The first-order valence-electron chi connectivity index (χ1n) is 5.00. The van der Waals surface area contributed by atoms with E-state index in [2.05, 4.69) is 11.6 Å². The number of rotatable bonds is 5. The van der Waals surface area contributed by atoms with Gasteiger partial charge in [-0.3, -0.25) is 9.52 Å². The summed E-state index contributed by atoms with van der Waals surface area (Å²) in [5.41, 5.74) is 5.43. The van der Waals surface area contributed by atoms with Gasteiger partial charge in [0.05, 0.1) is 0 Å². The Morgan fingerprint density at radius 3 is 2.71 bits per heavy atom. The number of hydrogen-bond donors (Lipinski definition) is 2. The molecule has 1 amide bonds. The van der Waals surface area contributed by atoms with E-state index < -0.39 is 4.75 Å². The average Bonchev–Trinajstić information content (AvgIpc) is 2.19. The molecular formula is C9H18N2O2S. The highest BCUT2D eigenvalue weighted by atomic mass is 32.2. The van der Waals surface area contributed by atoms with Gasteiger partial charge in [0.25, 0.3) is 0 Å². The molecule has 1 aliphatic rings. The molecule has 0 atom stereocenters. The number of carbonyl (C=O) groups is 1. The minimum absolute atomic E-state index is 0.227. The molecule has 0 bridgehead atoms. The van der Waals surface area contributed by atoms with Crippen LogP contribution >= 0.6 is 11.9 Å². The largest absolute Gasteiger partial charge is 0.381 e. The Bertz CT molecular complexity index is 193. The zero-order chi connectivity index (χ0) is 10.4. The molecule has 0 spiro atoms. The van der Waals surface area contributed by atoms with E-state index in [0.29, 0.717) is 26.1 Å². The molecule has 1 saturated heterocycles. The molecule has 1 fully saturated rings. The molecule has 5 heteroatoms. The Morgan fingerprint density at radius 2 is 2.21 bits per heavy atom. The van der Waals surface area contributed by atoms with Gasteiger partial charge in [0.15, 0.2) is 0 Å². The Kier molecular flexibility index (Phi) is 4.71. The maximum atomic E-state index is 11.4. The molecule has 0 aliphatic carbocycles. The minimum Gasteiger partial charge on any atom is -0.381 e. The smallest absolute Gasteiger partial charge is 0.235 e. The average molecular weight is 218 g/mol. The van der Waals surface area contributed by atoms with Crippen LogP contribution in [-0.2, 0) is 9.53 Å². The molecule has 1 heterocycles. The van der Waals surface area contributed by atoms with Crippen LogP contribution in [0, 0.1) is 0 Å². The number of primary amides is 1. The predicted molar refractivity (Wildman–Crippen MR) is 57.9 cm³/mol. The van der Waals surface area contributed by atoms with Gasteiger partial charge in [-0.1, -0.05) is 18.9 Å². The lowest BCUT2D eigenvalue weighted by Gasteiger charge is -2.33. The van der Waals surface area contributed by atoms with Gasteiger partial charge in [0.2, 0.25) is 5.91 Å². The highest BCUT2D eigenvalue weighted by Crippen LogP contribution is 2.33. The van der Waals surface area contributed by atoms with E-state index in [1.165, 1.54) is 11.9 Å². The first-order valence-corrected chi connectivity index (χ1v) is 5.81. The molecule has 1 aliphatic heterocycles. The second-order valence-electron chi connectivity index (χ2n) is 3.47. The Morgan fingerprint density at radius 1 is 1.57 bits per heavy atom. The number of nitrogens with one attached hydrogen (secondary N) is 1. The second kappa shape index (κ2) is 5.58. The molecule has 82 valence electrons. The highest BCUT2D eigenvalue weighted by molar-refractivity contribution is 7.99. The molecule has 4 nitrogen and oxygen atoms in total. The third kappa shape index (κ3) is 2.87. The highest BCUT2D eigenvalue weighted by Gasteiger charge is 2.39. The monoisotopic (exact) mass is 218 g/mol. The first kappa shape index (κ1) is 11.8. The molecule has 14 heavy (non-hydrogen) atoms. The quantitative estimate of drug-likeness (QED) is 0.526. The summed E-state index contributed by atoms with van der Waals surface area (Å²) in [7, 11) is 0. The summed E-state index contributed by atoms with van der Waals surface area (Å²) < 4.78 is 7.97. The van der Waals surface area contributed by atoms with E-state index in [1.54, 1.807) is 0 Å². The summed E-state index contributed by atoms with van der Waals surface area (Å²) in [6, 6.07) is 0. The van der Waals surface area contributed by atoms with Crippen LogP contribution in [0.25, 0.3) is 0 Å². The van der Waals surface area contributed by atoms with Crippen molar-refractivity contribution in [1.82, 2.24) is 4.72 Å². The Hall–Kier alpha value is -0.260. The summed E-state index contributed by atoms with van der Waals surface area (Å²) in [5.74, 6) is -0.227. The van der Waals surface area contributed by atoms with E-state index in [1.807, 2.05) is 0 Å². The van der Waals surface area contributed by atoms with E-state index in [4.69, 9.17) is 10.5 Å². The van der Waals surface area contributed by atoms with Crippen molar-refractivity contribution in [2.75, 3.05) is 19.8 Å². The van der Waals surface area contributed by atoms with Gasteiger partial charge in [-0.05, 0) is 19.3 Å². The summed E-state index contributed by atoms with van der Waals surface area (Å²) in [6.07, 6.45) is 2.48. The fourth-order valence-electron chi connectivity index (χ4n) is 1.39. The Balaban J connectivity index is 2.47. The maximum Gasteiger partial charge on any atom is 0.235 e. The van der Waals surface area contributed by atoms with Crippen LogP contribution in [-0.4, -0.2) is 30.4 Å². The molecule has 0 radical (unpaired) electrons. The van der Waals surface area contributed by atoms with Gasteiger partial charge in [0, 0.05) is 19.8 Å². The van der Waals surface area contributed by atoms with Gasteiger partial charge in [-0.25, -0.2) is 0 Å². The van der Waals surface area contributed by atoms with Crippen molar-refractivity contribution in [3.63, 3.8) is 0 Å². The third-order valence-corrected chi connectivity index (χ3v) is 3.72. The van der Waals surface area contributed by atoms with Crippen LogP contribution in [0.3, 0.4) is 0 Å². The normalized spacial score (nSPS) is 20.6. The van der Waals surface area contributed by atoms with Gasteiger partial charge in [-0.15, -0.1) is 0 Å². The van der Waals surface area contributed by atoms with Crippen LogP contribution < -0.4 is 10.5 Å². The van der Waals surface area contributed by atoms with Gasteiger partial charge < -0.3 is 10.5 Å². The van der Waals surface area contributed by atoms with E-state index in [9.17, 15) is 4.79 Å². The molecule has 0 aromatic heterocycles. The van der Waals surface area contributed by atoms with E-state index >= 15 is 0 Å². The lowest BCUT2D eigenvalue weighted by molar-refractivity contribution is -0.122. The van der Waals surface area contributed by atoms with Crippen molar-refractivity contribution in [3.05, 3.63) is 0 Å². The third-order valence-electron chi connectivity index (χ3n) is 2.37.